The highest BCUT2D eigenvalue weighted by molar-refractivity contribution is 5.76. The summed E-state index contributed by atoms with van der Waals surface area (Å²) in [7, 11) is 0. The predicted molar refractivity (Wildman–Crippen MR) is 57.3 cm³/mol. The van der Waals surface area contributed by atoms with Crippen LogP contribution in [0.25, 0.3) is 0 Å². The van der Waals surface area contributed by atoms with Crippen molar-refractivity contribution in [3.63, 3.8) is 0 Å². The molecule has 2 atom stereocenters. The van der Waals surface area contributed by atoms with E-state index in [0.29, 0.717) is 6.54 Å². The maximum Gasteiger partial charge on any atom is 0.303 e. The van der Waals surface area contributed by atoms with E-state index in [2.05, 4.69) is 5.32 Å². The third-order valence-corrected chi connectivity index (χ3v) is 2.14. The highest BCUT2D eigenvalue weighted by Crippen LogP contribution is 2.06. The lowest BCUT2D eigenvalue weighted by Crippen LogP contribution is -2.33. The van der Waals surface area contributed by atoms with Crippen molar-refractivity contribution in [2.45, 2.75) is 39.2 Å². The number of aliphatic carboxylic acids is 1. The predicted octanol–water partition coefficient (Wildman–Crippen LogP) is 0.341. The Morgan fingerprint density at radius 1 is 1.40 bits per heavy atom. The number of carbonyl (C=O) groups is 2. The Hall–Kier alpha value is -1.10. The van der Waals surface area contributed by atoms with Crippen LogP contribution in [-0.2, 0) is 9.59 Å². The van der Waals surface area contributed by atoms with E-state index < -0.39 is 5.97 Å². The summed E-state index contributed by atoms with van der Waals surface area (Å²) in [6.07, 6.45) is 1.11. The molecule has 0 bridgehead atoms. The van der Waals surface area contributed by atoms with Gasteiger partial charge in [-0.2, -0.15) is 0 Å². The Morgan fingerprint density at radius 2 is 2.00 bits per heavy atom. The second-order valence-electron chi connectivity index (χ2n) is 3.86. The lowest BCUT2D eigenvalue weighted by atomic mass is 10.0. The summed E-state index contributed by atoms with van der Waals surface area (Å²) in [5, 5.41) is 11.3. The number of carbonyl (C=O) groups excluding carboxylic acids is 1. The molecule has 2 unspecified atom stereocenters. The molecule has 0 saturated carbocycles. The molecular formula is C10H20N2O3. The Morgan fingerprint density at radius 3 is 2.40 bits per heavy atom. The van der Waals surface area contributed by atoms with Crippen LogP contribution in [0.1, 0.15) is 33.1 Å². The van der Waals surface area contributed by atoms with E-state index in [9.17, 15) is 9.59 Å². The summed E-state index contributed by atoms with van der Waals surface area (Å²) in [6.45, 7) is 4.08. The van der Waals surface area contributed by atoms with Crippen LogP contribution < -0.4 is 11.1 Å². The molecule has 0 spiro atoms. The maximum atomic E-state index is 11.2. The highest BCUT2D eigenvalue weighted by atomic mass is 16.4. The van der Waals surface area contributed by atoms with E-state index in [1.54, 1.807) is 6.92 Å². The molecule has 0 fully saturated rings. The molecular weight excluding hydrogens is 196 g/mol. The van der Waals surface area contributed by atoms with Crippen molar-refractivity contribution in [2.75, 3.05) is 6.54 Å². The standard InChI is InChI=1S/C10H20N2O3/c1-3-8(5-10(14)15)6-12-9(13)4-7(2)11/h7-8H,3-6,11H2,1-2H3,(H,12,13)(H,14,15). The minimum atomic E-state index is -0.830. The largest absolute Gasteiger partial charge is 0.481 e. The van der Waals surface area contributed by atoms with Gasteiger partial charge in [0, 0.05) is 25.4 Å². The fourth-order valence-corrected chi connectivity index (χ4v) is 1.23. The zero-order valence-electron chi connectivity index (χ0n) is 9.32. The smallest absolute Gasteiger partial charge is 0.303 e. The van der Waals surface area contributed by atoms with Crippen LogP contribution in [0.2, 0.25) is 0 Å². The van der Waals surface area contributed by atoms with Crippen molar-refractivity contribution in [1.29, 1.82) is 0 Å². The van der Waals surface area contributed by atoms with Crippen molar-refractivity contribution >= 4 is 11.9 Å². The molecule has 0 radical (unpaired) electrons. The van der Waals surface area contributed by atoms with Crippen LogP contribution in [-0.4, -0.2) is 29.6 Å². The molecule has 88 valence electrons. The average Bonchev–Trinajstić information content (AvgIpc) is 2.10. The van der Waals surface area contributed by atoms with Gasteiger partial charge in [-0.1, -0.05) is 13.3 Å². The molecule has 1 amide bonds. The summed E-state index contributed by atoms with van der Waals surface area (Å²) in [6, 6.07) is -0.162. The Kier molecular flexibility index (Phi) is 6.70. The summed E-state index contributed by atoms with van der Waals surface area (Å²) in [4.78, 5) is 21.7. The lowest BCUT2D eigenvalue weighted by Gasteiger charge is -2.14. The van der Waals surface area contributed by atoms with Gasteiger partial charge < -0.3 is 16.2 Å². The van der Waals surface area contributed by atoms with Crippen LogP contribution in [0.4, 0.5) is 0 Å². The SMILES string of the molecule is CCC(CNC(=O)CC(C)N)CC(=O)O. The van der Waals surface area contributed by atoms with E-state index in [0.717, 1.165) is 6.42 Å². The van der Waals surface area contributed by atoms with Gasteiger partial charge in [-0.05, 0) is 12.8 Å². The average molecular weight is 216 g/mol. The van der Waals surface area contributed by atoms with Gasteiger partial charge in [0.1, 0.15) is 0 Å². The highest BCUT2D eigenvalue weighted by Gasteiger charge is 2.12. The molecule has 0 aliphatic rings. The number of amides is 1. The fourth-order valence-electron chi connectivity index (χ4n) is 1.23. The van der Waals surface area contributed by atoms with Crippen LogP contribution in [0.15, 0.2) is 0 Å². The van der Waals surface area contributed by atoms with Crippen molar-refractivity contribution in [3.05, 3.63) is 0 Å². The lowest BCUT2D eigenvalue weighted by molar-refractivity contribution is -0.138. The van der Waals surface area contributed by atoms with E-state index >= 15 is 0 Å². The second-order valence-corrected chi connectivity index (χ2v) is 3.86. The molecule has 5 nitrogen and oxygen atoms in total. The van der Waals surface area contributed by atoms with Crippen LogP contribution >= 0.6 is 0 Å². The first kappa shape index (κ1) is 13.9. The zero-order valence-corrected chi connectivity index (χ0v) is 9.32. The Labute approximate surface area is 90.0 Å². The van der Waals surface area contributed by atoms with E-state index in [-0.39, 0.29) is 30.7 Å². The fraction of sp³-hybridized carbons (Fsp3) is 0.800. The third-order valence-electron chi connectivity index (χ3n) is 2.14. The topological polar surface area (TPSA) is 92.4 Å². The first-order chi connectivity index (χ1) is 6.95. The first-order valence-electron chi connectivity index (χ1n) is 5.19. The molecule has 0 aliphatic carbocycles. The quantitative estimate of drug-likeness (QED) is 0.572. The first-order valence-corrected chi connectivity index (χ1v) is 5.19. The van der Waals surface area contributed by atoms with Gasteiger partial charge in [0.2, 0.25) is 5.91 Å². The maximum absolute atomic E-state index is 11.2. The Bertz CT molecular complexity index is 217. The molecule has 15 heavy (non-hydrogen) atoms. The molecule has 5 heteroatoms. The molecule has 0 rings (SSSR count). The van der Waals surface area contributed by atoms with E-state index in [1.165, 1.54) is 0 Å². The summed E-state index contributed by atoms with van der Waals surface area (Å²) in [5.74, 6) is -0.948. The molecule has 0 heterocycles. The summed E-state index contributed by atoms with van der Waals surface area (Å²) in [5.41, 5.74) is 5.46. The number of carboxylic acid groups (broad SMARTS) is 1. The van der Waals surface area contributed by atoms with Crippen molar-refractivity contribution in [1.82, 2.24) is 5.32 Å². The molecule has 0 aliphatic heterocycles. The number of hydrogen-bond donors (Lipinski definition) is 3. The van der Waals surface area contributed by atoms with Gasteiger partial charge in [0.15, 0.2) is 0 Å². The second kappa shape index (κ2) is 7.23. The zero-order chi connectivity index (χ0) is 11.8. The van der Waals surface area contributed by atoms with Crippen LogP contribution in [0.3, 0.4) is 0 Å². The Balaban J connectivity index is 3.79. The number of rotatable bonds is 7. The number of hydrogen-bond acceptors (Lipinski definition) is 3. The number of carboxylic acids is 1. The summed E-state index contributed by atoms with van der Waals surface area (Å²) >= 11 is 0. The van der Waals surface area contributed by atoms with Gasteiger partial charge in [-0.3, -0.25) is 9.59 Å². The monoisotopic (exact) mass is 216 g/mol. The molecule has 4 N–H and O–H groups in total. The van der Waals surface area contributed by atoms with Crippen molar-refractivity contribution in [3.8, 4) is 0 Å². The molecule has 0 saturated heterocycles. The van der Waals surface area contributed by atoms with Crippen LogP contribution in [0.5, 0.6) is 0 Å². The molecule has 0 aromatic rings. The van der Waals surface area contributed by atoms with Gasteiger partial charge in [-0.25, -0.2) is 0 Å². The van der Waals surface area contributed by atoms with Crippen LogP contribution in [0, 0.1) is 5.92 Å². The van der Waals surface area contributed by atoms with Crippen molar-refractivity contribution in [2.24, 2.45) is 11.7 Å². The number of nitrogens with two attached hydrogens (primary N) is 1. The van der Waals surface area contributed by atoms with E-state index in [1.807, 2.05) is 6.92 Å². The van der Waals surface area contributed by atoms with Gasteiger partial charge in [0.25, 0.3) is 0 Å². The molecule has 0 aromatic carbocycles. The molecule has 0 aromatic heterocycles. The van der Waals surface area contributed by atoms with E-state index in [4.69, 9.17) is 10.8 Å². The van der Waals surface area contributed by atoms with Gasteiger partial charge in [-0.15, -0.1) is 0 Å². The third kappa shape index (κ3) is 7.93. The number of nitrogens with one attached hydrogen (secondary N) is 1. The normalized spacial score (nSPS) is 14.3. The minimum absolute atomic E-state index is 0.000435. The summed E-state index contributed by atoms with van der Waals surface area (Å²) < 4.78 is 0. The minimum Gasteiger partial charge on any atom is -0.481 e. The van der Waals surface area contributed by atoms with Gasteiger partial charge in [0.05, 0.1) is 0 Å². The van der Waals surface area contributed by atoms with Gasteiger partial charge >= 0.3 is 5.97 Å². The van der Waals surface area contributed by atoms with Crippen molar-refractivity contribution < 1.29 is 14.7 Å².